The van der Waals surface area contributed by atoms with Crippen molar-refractivity contribution in [2.24, 2.45) is 7.05 Å². The van der Waals surface area contributed by atoms with Gasteiger partial charge in [-0.15, -0.1) is 0 Å². The molecule has 2 rings (SSSR count). The number of carbonyl (C=O) groups excluding carboxylic acids is 1. The number of rotatable bonds is 8. The van der Waals surface area contributed by atoms with E-state index < -0.39 is 37.9 Å². The molecule has 0 amide bonds. The van der Waals surface area contributed by atoms with Crippen molar-refractivity contribution in [1.29, 1.82) is 0 Å². The minimum atomic E-state index is -4.66. The standard InChI is InChI=1S/C19H26F3N3O5Si/c1-23-9-13(18(28)29-2)8-14(16(23)26)15-10-24(12-30-6-7-31(3,4)5)25(17(15)27)11-19(20,21)22/h8-10H,6-7,11-12H2,1-5H3. The lowest BCUT2D eigenvalue weighted by Gasteiger charge is -2.17. The fourth-order valence-electron chi connectivity index (χ4n) is 2.82. The molecule has 0 N–H and O–H groups in total. The highest BCUT2D eigenvalue weighted by molar-refractivity contribution is 6.76. The third kappa shape index (κ3) is 6.44. The van der Waals surface area contributed by atoms with E-state index in [9.17, 15) is 27.6 Å². The molecule has 0 bridgehead atoms. The molecule has 0 aromatic carbocycles. The largest absolute Gasteiger partial charge is 0.465 e. The highest BCUT2D eigenvalue weighted by Gasteiger charge is 2.31. The van der Waals surface area contributed by atoms with Gasteiger partial charge >= 0.3 is 12.1 Å². The van der Waals surface area contributed by atoms with Crippen LogP contribution in [0.25, 0.3) is 11.1 Å². The Labute approximate surface area is 177 Å². The van der Waals surface area contributed by atoms with Crippen molar-refractivity contribution in [3.05, 3.63) is 44.7 Å². The van der Waals surface area contributed by atoms with Gasteiger partial charge in [0, 0.05) is 34.1 Å². The first-order valence-corrected chi connectivity index (χ1v) is 13.2. The minimum absolute atomic E-state index is 0.0134. The first-order chi connectivity index (χ1) is 14.2. The second-order valence-corrected chi connectivity index (χ2v) is 14.0. The zero-order chi connectivity index (χ0) is 23.6. The maximum absolute atomic E-state index is 13.1. The van der Waals surface area contributed by atoms with E-state index in [4.69, 9.17) is 4.74 Å². The molecule has 0 radical (unpaired) electrons. The normalized spacial score (nSPS) is 12.3. The fraction of sp³-hybridized carbons (Fsp3) is 0.526. The van der Waals surface area contributed by atoms with E-state index in [0.717, 1.165) is 34.7 Å². The Balaban J connectivity index is 2.52. The summed E-state index contributed by atoms with van der Waals surface area (Å²) in [6.07, 6.45) is -2.29. The lowest BCUT2D eigenvalue weighted by Crippen LogP contribution is -2.32. The van der Waals surface area contributed by atoms with Crippen LogP contribution in [0.4, 0.5) is 13.2 Å². The quantitative estimate of drug-likeness (QED) is 0.343. The Morgan fingerprint density at radius 1 is 1.10 bits per heavy atom. The molecular formula is C19H26F3N3O5Si. The Hall–Kier alpha value is -2.60. The van der Waals surface area contributed by atoms with Crippen LogP contribution < -0.4 is 11.1 Å². The molecular weight excluding hydrogens is 435 g/mol. The molecule has 12 heteroatoms. The predicted molar refractivity (Wildman–Crippen MR) is 111 cm³/mol. The van der Waals surface area contributed by atoms with E-state index in [1.54, 1.807) is 0 Å². The summed E-state index contributed by atoms with van der Waals surface area (Å²) in [6, 6.07) is 1.94. The van der Waals surface area contributed by atoms with Crippen molar-refractivity contribution < 1.29 is 27.4 Å². The third-order valence-corrected chi connectivity index (χ3v) is 6.20. The zero-order valence-corrected chi connectivity index (χ0v) is 19.1. The molecule has 0 aliphatic rings. The van der Waals surface area contributed by atoms with Gasteiger partial charge in [0.25, 0.3) is 11.1 Å². The van der Waals surface area contributed by atoms with Gasteiger partial charge in [-0.1, -0.05) is 19.6 Å². The van der Waals surface area contributed by atoms with Crippen LogP contribution in [0.15, 0.2) is 28.0 Å². The predicted octanol–water partition coefficient (Wildman–Crippen LogP) is 2.68. The van der Waals surface area contributed by atoms with Crippen molar-refractivity contribution in [2.75, 3.05) is 13.7 Å². The number of aryl methyl sites for hydroxylation is 1. The van der Waals surface area contributed by atoms with Gasteiger partial charge < -0.3 is 14.0 Å². The van der Waals surface area contributed by atoms with Gasteiger partial charge in [-0.3, -0.25) is 14.3 Å². The number of methoxy groups -OCH3 is 1. The number of nitrogens with zero attached hydrogens (tertiary/aromatic N) is 3. The average Bonchev–Trinajstić information content (AvgIpc) is 2.94. The molecule has 2 heterocycles. The summed E-state index contributed by atoms with van der Waals surface area (Å²) in [6.45, 7) is 4.91. The maximum Gasteiger partial charge on any atom is 0.408 e. The second kappa shape index (κ2) is 9.26. The van der Waals surface area contributed by atoms with E-state index >= 15 is 0 Å². The maximum atomic E-state index is 13.1. The number of aromatic nitrogens is 3. The van der Waals surface area contributed by atoms with Crippen molar-refractivity contribution in [3.63, 3.8) is 0 Å². The number of hydrogen-bond acceptors (Lipinski definition) is 5. The summed E-state index contributed by atoms with van der Waals surface area (Å²) in [5.74, 6) is -0.749. The molecule has 2 aromatic heterocycles. The molecule has 172 valence electrons. The number of hydrogen-bond donors (Lipinski definition) is 0. The van der Waals surface area contributed by atoms with Crippen LogP contribution in [-0.2, 0) is 29.8 Å². The summed E-state index contributed by atoms with van der Waals surface area (Å²) < 4.78 is 51.9. The van der Waals surface area contributed by atoms with E-state index in [1.807, 2.05) is 0 Å². The van der Waals surface area contributed by atoms with Crippen molar-refractivity contribution in [1.82, 2.24) is 13.9 Å². The molecule has 0 atom stereocenters. The Morgan fingerprint density at radius 3 is 2.29 bits per heavy atom. The van der Waals surface area contributed by atoms with Crippen molar-refractivity contribution in [2.45, 2.75) is 45.1 Å². The van der Waals surface area contributed by atoms with Gasteiger partial charge in [0.1, 0.15) is 13.3 Å². The van der Waals surface area contributed by atoms with E-state index in [2.05, 4.69) is 24.4 Å². The number of esters is 1. The van der Waals surface area contributed by atoms with Crippen LogP contribution in [-0.4, -0.2) is 47.9 Å². The van der Waals surface area contributed by atoms with Crippen molar-refractivity contribution >= 4 is 14.0 Å². The second-order valence-electron chi connectivity index (χ2n) is 8.36. The lowest BCUT2D eigenvalue weighted by atomic mass is 10.1. The molecule has 8 nitrogen and oxygen atoms in total. The number of halogens is 3. The number of alkyl halides is 3. The summed E-state index contributed by atoms with van der Waals surface area (Å²) in [5, 5.41) is 0. The summed E-state index contributed by atoms with van der Waals surface area (Å²) >= 11 is 0. The smallest absolute Gasteiger partial charge is 0.408 e. The molecule has 31 heavy (non-hydrogen) atoms. The van der Waals surface area contributed by atoms with Crippen LogP contribution in [0.2, 0.25) is 25.7 Å². The molecule has 0 aliphatic carbocycles. The van der Waals surface area contributed by atoms with Crippen LogP contribution in [0.5, 0.6) is 0 Å². The topological polar surface area (TPSA) is 84.5 Å². The van der Waals surface area contributed by atoms with Gasteiger partial charge in [-0.2, -0.15) is 13.2 Å². The van der Waals surface area contributed by atoms with Gasteiger partial charge in [0.05, 0.1) is 23.8 Å². The van der Waals surface area contributed by atoms with E-state index in [-0.39, 0.29) is 23.4 Å². The van der Waals surface area contributed by atoms with Crippen LogP contribution in [0.1, 0.15) is 10.4 Å². The molecule has 2 aromatic rings. The Bertz CT molecular complexity index is 1060. The van der Waals surface area contributed by atoms with E-state index in [1.165, 1.54) is 13.2 Å². The molecule has 0 unspecified atom stereocenters. The Kier molecular flexibility index (Phi) is 7.37. The van der Waals surface area contributed by atoms with Gasteiger partial charge in [-0.25, -0.2) is 9.48 Å². The number of pyridine rings is 1. The third-order valence-electron chi connectivity index (χ3n) is 4.50. The molecule has 0 saturated carbocycles. The molecule has 0 aliphatic heterocycles. The van der Waals surface area contributed by atoms with Crippen LogP contribution in [0, 0.1) is 0 Å². The number of carbonyl (C=O) groups is 1. The summed E-state index contributed by atoms with van der Waals surface area (Å²) in [7, 11) is 1.10. The summed E-state index contributed by atoms with van der Waals surface area (Å²) in [5.41, 5.74) is -2.12. The Morgan fingerprint density at radius 2 is 1.74 bits per heavy atom. The highest BCUT2D eigenvalue weighted by Crippen LogP contribution is 2.20. The molecule has 0 fully saturated rings. The summed E-state index contributed by atoms with van der Waals surface area (Å²) in [4.78, 5) is 37.2. The first kappa shape index (κ1) is 24.7. The molecule has 0 spiro atoms. The van der Waals surface area contributed by atoms with Crippen molar-refractivity contribution in [3.8, 4) is 11.1 Å². The zero-order valence-electron chi connectivity index (χ0n) is 18.1. The highest BCUT2D eigenvalue weighted by atomic mass is 28.3. The number of ether oxygens (including phenoxy) is 2. The van der Waals surface area contributed by atoms with Crippen LogP contribution >= 0.6 is 0 Å². The monoisotopic (exact) mass is 461 g/mol. The first-order valence-electron chi connectivity index (χ1n) is 9.47. The average molecular weight is 462 g/mol. The lowest BCUT2D eigenvalue weighted by molar-refractivity contribution is -0.146. The van der Waals surface area contributed by atoms with Gasteiger partial charge in [-0.05, 0) is 12.1 Å². The van der Waals surface area contributed by atoms with Crippen LogP contribution in [0.3, 0.4) is 0 Å². The van der Waals surface area contributed by atoms with Gasteiger partial charge in [0.2, 0.25) is 0 Å². The molecule has 0 saturated heterocycles. The fourth-order valence-corrected chi connectivity index (χ4v) is 3.58. The SMILES string of the molecule is COC(=O)c1cc(-c2cn(COCC[Si](C)(C)C)n(CC(F)(F)F)c2=O)c(=O)n(C)c1. The van der Waals surface area contributed by atoms with E-state index in [0.29, 0.717) is 11.3 Å². The minimum Gasteiger partial charge on any atom is -0.465 e. The van der Waals surface area contributed by atoms with Gasteiger partial charge in [0.15, 0.2) is 0 Å².